The van der Waals surface area contributed by atoms with Crippen molar-refractivity contribution in [3.63, 3.8) is 0 Å². The monoisotopic (exact) mass is 313 g/mol. The van der Waals surface area contributed by atoms with Crippen molar-refractivity contribution in [1.82, 2.24) is 10.2 Å². The van der Waals surface area contributed by atoms with Crippen molar-refractivity contribution in [3.8, 4) is 17.2 Å². The fourth-order valence-electron chi connectivity index (χ4n) is 2.00. The average Bonchev–Trinajstić information content (AvgIpc) is 3.03. The van der Waals surface area contributed by atoms with E-state index in [1.807, 2.05) is 6.07 Å². The Balaban J connectivity index is 1.81. The molecule has 0 atom stereocenters. The minimum absolute atomic E-state index is 0.0832. The number of nitrogens with one attached hydrogen (secondary N) is 1. The molecule has 0 fully saturated rings. The first-order valence-corrected chi connectivity index (χ1v) is 6.71. The van der Waals surface area contributed by atoms with Crippen LogP contribution in [0.4, 0.5) is 10.4 Å². The molecule has 0 aliphatic carbocycles. The Morgan fingerprint density at radius 2 is 2.00 bits per heavy atom. The largest absolute Gasteiger partial charge is 0.496 e. The number of anilines is 1. The SMILES string of the molecule is COc1ccccc1-c1nnc(NC(=O)c2cccc(F)c2)o1. The van der Waals surface area contributed by atoms with E-state index < -0.39 is 11.7 Å². The Morgan fingerprint density at radius 1 is 1.17 bits per heavy atom. The van der Waals surface area contributed by atoms with Crippen LogP contribution < -0.4 is 10.1 Å². The second-order valence-corrected chi connectivity index (χ2v) is 4.58. The second kappa shape index (κ2) is 6.27. The molecule has 0 unspecified atom stereocenters. The van der Waals surface area contributed by atoms with Gasteiger partial charge in [0, 0.05) is 5.56 Å². The van der Waals surface area contributed by atoms with E-state index >= 15 is 0 Å². The summed E-state index contributed by atoms with van der Waals surface area (Å²) in [5, 5.41) is 10.1. The summed E-state index contributed by atoms with van der Waals surface area (Å²) < 4.78 is 23.8. The van der Waals surface area contributed by atoms with Crippen molar-refractivity contribution < 1.29 is 18.3 Å². The van der Waals surface area contributed by atoms with Crippen LogP contribution in [0, 0.1) is 5.82 Å². The van der Waals surface area contributed by atoms with Crippen molar-refractivity contribution in [2.75, 3.05) is 12.4 Å². The van der Waals surface area contributed by atoms with E-state index in [1.54, 1.807) is 18.2 Å². The first-order chi connectivity index (χ1) is 11.2. The molecule has 0 radical (unpaired) electrons. The van der Waals surface area contributed by atoms with Crippen LogP contribution in [0.5, 0.6) is 5.75 Å². The molecule has 1 heterocycles. The lowest BCUT2D eigenvalue weighted by molar-refractivity contribution is 0.102. The Kier molecular flexibility index (Phi) is 4.01. The lowest BCUT2D eigenvalue weighted by Crippen LogP contribution is -2.12. The second-order valence-electron chi connectivity index (χ2n) is 4.58. The highest BCUT2D eigenvalue weighted by Crippen LogP contribution is 2.29. The quantitative estimate of drug-likeness (QED) is 0.800. The molecule has 1 aromatic heterocycles. The van der Waals surface area contributed by atoms with Crippen LogP contribution in [-0.4, -0.2) is 23.2 Å². The molecular formula is C16H12FN3O3. The molecule has 1 N–H and O–H groups in total. The molecule has 0 aliphatic heterocycles. The Bertz CT molecular complexity index is 848. The fourth-order valence-corrected chi connectivity index (χ4v) is 2.00. The number of hydrogen-bond acceptors (Lipinski definition) is 5. The maximum Gasteiger partial charge on any atom is 0.322 e. The van der Waals surface area contributed by atoms with Crippen molar-refractivity contribution in [3.05, 3.63) is 59.9 Å². The van der Waals surface area contributed by atoms with Crippen LogP contribution in [0.15, 0.2) is 52.9 Å². The van der Waals surface area contributed by atoms with Gasteiger partial charge >= 0.3 is 6.01 Å². The van der Waals surface area contributed by atoms with E-state index in [1.165, 1.54) is 25.3 Å². The van der Waals surface area contributed by atoms with E-state index in [0.29, 0.717) is 11.3 Å². The number of benzene rings is 2. The first-order valence-electron chi connectivity index (χ1n) is 6.71. The van der Waals surface area contributed by atoms with Crippen LogP contribution in [0.1, 0.15) is 10.4 Å². The molecule has 2 aromatic carbocycles. The summed E-state index contributed by atoms with van der Waals surface area (Å²) in [5.74, 6) is -0.270. The number of aromatic nitrogens is 2. The van der Waals surface area contributed by atoms with Gasteiger partial charge in [-0.1, -0.05) is 23.3 Å². The molecule has 0 aliphatic rings. The van der Waals surface area contributed by atoms with Crippen molar-refractivity contribution in [2.24, 2.45) is 0 Å². The molecule has 3 rings (SSSR count). The van der Waals surface area contributed by atoms with E-state index in [0.717, 1.165) is 6.07 Å². The molecule has 116 valence electrons. The predicted octanol–water partition coefficient (Wildman–Crippen LogP) is 3.14. The number of para-hydroxylation sites is 1. The molecule has 0 bridgehead atoms. The van der Waals surface area contributed by atoms with Gasteiger partial charge in [0.15, 0.2) is 0 Å². The summed E-state index contributed by atoms with van der Waals surface area (Å²) in [6.45, 7) is 0. The highest BCUT2D eigenvalue weighted by atomic mass is 19.1. The van der Waals surface area contributed by atoms with Gasteiger partial charge in [-0.25, -0.2) is 4.39 Å². The zero-order chi connectivity index (χ0) is 16.2. The van der Waals surface area contributed by atoms with Crippen LogP contribution >= 0.6 is 0 Å². The third-order valence-electron chi connectivity index (χ3n) is 3.07. The highest BCUT2D eigenvalue weighted by molar-refractivity contribution is 6.03. The molecule has 0 saturated carbocycles. The molecule has 7 heteroatoms. The van der Waals surface area contributed by atoms with Gasteiger partial charge in [-0.3, -0.25) is 10.1 Å². The lowest BCUT2D eigenvalue weighted by Gasteiger charge is -2.03. The topological polar surface area (TPSA) is 77.3 Å². The Labute approximate surface area is 130 Å². The van der Waals surface area contributed by atoms with Gasteiger partial charge in [0.1, 0.15) is 11.6 Å². The summed E-state index contributed by atoms with van der Waals surface area (Å²) in [7, 11) is 1.53. The zero-order valence-electron chi connectivity index (χ0n) is 12.1. The number of amides is 1. The molecule has 0 spiro atoms. The van der Waals surface area contributed by atoms with E-state index in [4.69, 9.17) is 9.15 Å². The highest BCUT2D eigenvalue weighted by Gasteiger charge is 2.15. The van der Waals surface area contributed by atoms with E-state index in [9.17, 15) is 9.18 Å². The number of carbonyl (C=O) groups excluding carboxylic acids is 1. The minimum Gasteiger partial charge on any atom is -0.496 e. The molecule has 1 amide bonds. The zero-order valence-corrected chi connectivity index (χ0v) is 12.1. The Morgan fingerprint density at radius 3 is 2.78 bits per heavy atom. The van der Waals surface area contributed by atoms with Crippen LogP contribution in [0.2, 0.25) is 0 Å². The molecule has 0 saturated heterocycles. The van der Waals surface area contributed by atoms with Crippen LogP contribution in [-0.2, 0) is 0 Å². The van der Waals surface area contributed by atoms with E-state index in [-0.39, 0.29) is 17.5 Å². The van der Waals surface area contributed by atoms with Crippen molar-refractivity contribution >= 4 is 11.9 Å². The van der Waals surface area contributed by atoms with Crippen molar-refractivity contribution in [2.45, 2.75) is 0 Å². The summed E-state index contributed by atoms with van der Waals surface area (Å²) >= 11 is 0. The molecule has 3 aromatic rings. The molecular weight excluding hydrogens is 301 g/mol. The van der Waals surface area contributed by atoms with Crippen LogP contribution in [0.3, 0.4) is 0 Å². The minimum atomic E-state index is -0.542. The molecule has 23 heavy (non-hydrogen) atoms. The van der Waals surface area contributed by atoms with Gasteiger partial charge < -0.3 is 9.15 Å². The van der Waals surface area contributed by atoms with Crippen LogP contribution in [0.25, 0.3) is 11.5 Å². The van der Waals surface area contributed by atoms with Gasteiger partial charge in [-0.2, -0.15) is 0 Å². The third-order valence-corrected chi connectivity index (χ3v) is 3.07. The van der Waals surface area contributed by atoms with Gasteiger partial charge in [0.2, 0.25) is 0 Å². The van der Waals surface area contributed by atoms with Gasteiger partial charge in [0.05, 0.1) is 12.7 Å². The number of carbonyl (C=O) groups is 1. The normalized spacial score (nSPS) is 10.3. The summed E-state index contributed by atoms with van der Waals surface area (Å²) in [4.78, 5) is 12.0. The van der Waals surface area contributed by atoms with Gasteiger partial charge in [0.25, 0.3) is 11.8 Å². The summed E-state index contributed by atoms with van der Waals surface area (Å²) in [5.41, 5.74) is 0.760. The standard InChI is InChI=1S/C16H12FN3O3/c1-22-13-8-3-2-7-12(13)15-19-20-16(23-15)18-14(21)10-5-4-6-11(17)9-10/h2-9H,1H3,(H,18,20,21). The predicted molar refractivity (Wildman–Crippen MR) is 80.6 cm³/mol. The van der Waals surface area contributed by atoms with Gasteiger partial charge in [-0.05, 0) is 30.3 Å². The third kappa shape index (κ3) is 3.18. The number of rotatable bonds is 4. The number of ether oxygens (including phenoxy) is 1. The first kappa shape index (κ1) is 14.7. The van der Waals surface area contributed by atoms with E-state index in [2.05, 4.69) is 15.5 Å². The number of methoxy groups -OCH3 is 1. The van der Waals surface area contributed by atoms with Gasteiger partial charge in [-0.15, -0.1) is 5.10 Å². The maximum absolute atomic E-state index is 13.1. The lowest BCUT2D eigenvalue weighted by atomic mass is 10.2. The summed E-state index contributed by atoms with van der Waals surface area (Å²) in [6.07, 6.45) is 0. The number of nitrogens with zero attached hydrogens (tertiary/aromatic N) is 2. The Hall–Kier alpha value is -3.22. The number of halogens is 1. The summed E-state index contributed by atoms with van der Waals surface area (Å²) in [6, 6.07) is 12.3. The number of hydrogen-bond donors (Lipinski definition) is 1. The smallest absolute Gasteiger partial charge is 0.322 e. The average molecular weight is 313 g/mol. The maximum atomic E-state index is 13.1. The fraction of sp³-hybridized carbons (Fsp3) is 0.0625. The molecule has 6 nitrogen and oxygen atoms in total. The van der Waals surface area contributed by atoms with Crippen molar-refractivity contribution in [1.29, 1.82) is 0 Å².